The molecule has 1 aromatic rings. The van der Waals surface area contributed by atoms with Gasteiger partial charge in [-0.1, -0.05) is 0 Å². The lowest BCUT2D eigenvalue weighted by atomic mass is 9.92. The van der Waals surface area contributed by atoms with Crippen molar-refractivity contribution >= 4 is 30.6 Å². The first kappa shape index (κ1) is 15.4. The largest absolute Gasteiger partial charge is 0.366 e. The molecule has 0 spiro atoms. The van der Waals surface area contributed by atoms with Crippen LogP contribution in [0, 0.1) is 0 Å². The van der Waals surface area contributed by atoms with Gasteiger partial charge in [0.2, 0.25) is 0 Å². The van der Waals surface area contributed by atoms with Crippen LogP contribution in [0.5, 0.6) is 0 Å². The number of nitrogens with zero attached hydrogens (tertiary/aromatic N) is 2. The lowest BCUT2D eigenvalue weighted by Crippen LogP contribution is -2.33. The molecular weight excluding hydrogens is 247 g/mol. The van der Waals surface area contributed by atoms with Gasteiger partial charge in [0.15, 0.2) is 0 Å². The third-order valence-corrected chi connectivity index (χ3v) is 2.69. The fourth-order valence-electron chi connectivity index (χ4n) is 1.85. The van der Waals surface area contributed by atoms with E-state index in [0.29, 0.717) is 12.1 Å². The normalized spacial score (nSPS) is 23.8. The fraction of sp³-hybridized carbons (Fsp3) is 0.600. The van der Waals surface area contributed by atoms with Crippen molar-refractivity contribution in [3.05, 3.63) is 18.6 Å². The van der Waals surface area contributed by atoms with Crippen molar-refractivity contribution in [2.45, 2.75) is 37.8 Å². The zero-order valence-electron chi connectivity index (χ0n) is 9.00. The number of nitrogens with two attached hydrogens (primary N) is 1. The Morgan fingerprint density at radius 2 is 1.81 bits per heavy atom. The highest BCUT2D eigenvalue weighted by molar-refractivity contribution is 5.85. The van der Waals surface area contributed by atoms with E-state index in [-0.39, 0.29) is 24.8 Å². The number of rotatable bonds is 2. The van der Waals surface area contributed by atoms with E-state index in [4.69, 9.17) is 5.73 Å². The van der Waals surface area contributed by atoms with E-state index in [2.05, 4.69) is 15.3 Å². The summed E-state index contributed by atoms with van der Waals surface area (Å²) in [6.07, 6.45) is 9.64. The molecular formula is C10H18Cl2N4. The molecule has 92 valence electrons. The predicted octanol–water partition coefficient (Wildman–Crippen LogP) is 2.00. The van der Waals surface area contributed by atoms with Gasteiger partial charge in [0, 0.05) is 24.5 Å². The zero-order chi connectivity index (χ0) is 9.80. The van der Waals surface area contributed by atoms with Crippen LogP contribution in [0.1, 0.15) is 25.7 Å². The molecule has 16 heavy (non-hydrogen) atoms. The second kappa shape index (κ2) is 7.65. The van der Waals surface area contributed by atoms with Crippen LogP contribution in [0.2, 0.25) is 0 Å². The summed E-state index contributed by atoms with van der Waals surface area (Å²) in [6.45, 7) is 0. The molecule has 0 aliphatic heterocycles. The highest BCUT2D eigenvalue weighted by Gasteiger charge is 2.18. The highest BCUT2D eigenvalue weighted by atomic mass is 35.5. The van der Waals surface area contributed by atoms with Crippen LogP contribution in [0.25, 0.3) is 0 Å². The molecule has 0 amide bonds. The Bertz CT molecular complexity index is 275. The van der Waals surface area contributed by atoms with Crippen molar-refractivity contribution < 1.29 is 0 Å². The Balaban J connectivity index is 0.00000112. The minimum absolute atomic E-state index is 0. The Kier molecular flexibility index (Phi) is 7.38. The molecule has 1 fully saturated rings. The molecule has 0 unspecified atom stereocenters. The summed E-state index contributed by atoms with van der Waals surface area (Å²) < 4.78 is 0. The minimum Gasteiger partial charge on any atom is -0.366 e. The van der Waals surface area contributed by atoms with Crippen molar-refractivity contribution in [1.82, 2.24) is 9.97 Å². The van der Waals surface area contributed by atoms with Crippen LogP contribution >= 0.6 is 24.8 Å². The predicted molar refractivity (Wildman–Crippen MR) is 70.4 cm³/mol. The summed E-state index contributed by atoms with van der Waals surface area (Å²) in [4.78, 5) is 8.20. The molecule has 0 aromatic carbocycles. The molecule has 0 bridgehead atoms. The van der Waals surface area contributed by atoms with Crippen LogP contribution in [-0.2, 0) is 0 Å². The average Bonchev–Trinajstić information content (AvgIpc) is 2.23. The van der Waals surface area contributed by atoms with E-state index in [9.17, 15) is 0 Å². The molecule has 2 rings (SSSR count). The van der Waals surface area contributed by atoms with E-state index < -0.39 is 0 Å². The van der Waals surface area contributed by atoms with E-state index in [1.807, 2.05) is 0 Å². The van der Waals surface area contributed by atoms with Crippen molar-refractivity contribution in [3.8, 4) is 0 Å². The second-order valence-corrected chi connectivity index (χ2v) is 3.85. The summed E-state index contributed by atoms with van der Waals surface area (Å²) in [5, 5.41) is 3.37. The third-order valence-electron chi connectivity index (χ3n) is 2.69. The van der Waals surface area contributed by atoms with Crippen molar-refractivity contribution in [3.63, 3.8) is 0 Å². The molecule has 1 aliphatic rings. The molecule has 1 saturated carbocycles. The summed E-state index contributed by atoms with van der Waals surface area (Å²) >= 11 is 0. The summed E-state index contributed by atoms with van der Waals surface area (Å²) in [5.41, 5.74) is 5.83. The van der Waals surface area contributed by atoms with Gasteiger partial charge in [-0.25, -0.2) is 4.98 Å². The molecule has 6 heteroatoms. The van der Waals surface area contributed by atoms with Gasteiger partial charge in [0.1, 0.15) is 5.82 Å². The van der Waals surface area contributed by atoms with E-state index in [0.717, 1.165) is 31.5 Å². The summed E-state index contributed by atoms with van der Waals surface area (Å²) in [7, 11) is 0. The van der Waals surface area contributed by atoms with Gasteiger partial charge in [0.05, 0.1) is 6.20 Å². The minimum atomic E-state index is 0. The fourth-order valence-corrected chi connectivity index (χ4v) is 1.85. The Hall–Kier alpha value is -0.580. The van der Waals surface area contributed by atoms with Crippen LogP contribution in [0.4, 0.5) is 5.82 Å². The van der Waals surface area contributed by atoms with E-state index in [1.54, 1.807) is 18.6 Å². The highest BCUT2D eigenvalue weighted by Crippen LogP contribution is 2.19. The molecule has 1 aromatic heterocycles. The van der Waals surface area contributed by atoms with E-state index >= 15 is 0 Å². The van der Waals surface area contributed by atoms with Gasteiger partial charge >= 0.3 is 0 Å². The SMILES string of the molecule is Cl.Cl.NC1CCC(Nc2cnccn2)CC1. The maximum Gasteiger partial charge on any atom is 0.144 e. The third kappa shape index (κ3) is 4.51. The molecule has 3 N–H and O–H groups in total. The van der Waals surface area contributed by atoms with Crippen LogP contribution in [0.3, 0.4) is 0 Å². The van der Waals surface area contributed by atoms with Crippen molar-refractivity contribution in [1.29, 1.82) is 0 Å². The molecule has 1 heterocycles. The number of halogens is 2. The van der Waals surface area contributed by atoms with Crippen LogP contribution < -0.4 is 11.1 Å². The van der Waals surface area contributed by atoms with E-state index in [1.165, 1.54) is 0 Å². The van der Waals surface area contributed by atoms with Gasteiger partial charge in [-0.05, 0) is 25.7 Å². The molecule has 1 aliphatic carbocycles. The lowest BCUT2D eigenvalue weighted by molar-refractivity contribution is 0.410. The molecule has 4 nitrogen and oxygen atoms in total. The van der Waals surface area contributed by atoms with Crippen LogP contribution in [0.15, 0.2) is 18.6 Å². The summed E-state index contributed by atoms with van der Waals surface area (Å²) in [5.74, 6) is 0.868. The van der Waals surface area contributed by atoms with Gasteiger partial charge in [-0.2, -0.15) is 0 Å². The standard InChI is InChI=1S/C10H16N4.2ClH/c11-8-1-3-9(4-2-8)14-10-7-12-5-6-13-10;;/h5-9H,1-4,11H2,(H,13,14);2*1H. The number of hydrogen-bond acceptors (Lipinski definition) is 4. The lowest BCUT2D eigenvalue weighted by Gasteiger charge is -2.26. The Labute approximate surface area is 108 Å². The van der Waals surface area contributed by atoms with Crippen molar-refractivity contribution in [2.75, 3.05) is 5.32 Å². The van der Waals surface area contributed by atoms with Crippen molar-refractivity contribution in [2.24, 2.45) is 5.73 Å². The summed E-state index contributed by atoms with van der Waals surface area (Å²) in [6, 6.07) is 0.918. The van der Waals surface area contributed by atoms with Crippen LogP contribution in [-0.4, -0.2) is 22.1 Å². The number of nitrogens with one attached hydrogen (secondary N) is 1. The molecule has 0 atom stereocenters. The Morgan fingerprint density at radius 1 is 1.12 bits per heavy atom. The van der Waals surface area contributed by atoms with Gasteiger partial charge < -0.3 is 11.1 Å². The number of hydrogen-bond donors (Lipinski definition) is 2. The van der Waals surface area contributed by atoms with Gasteiger partial charge in [-0.15, -0.1) is 24.8 Å². The number of anilines is 1. The molecule has 0 radical (unpaired) electrons. The van der Waals surface area contributed by atoms with Gasteiger partial charge in [-0.3, -0.25) is 4.98 Å². The maximum absolute atomic E-state index is 5.83. The monoisotopic (exact) mass is 264 g/mol. The average molecular weight is 265 g/mol. The quantitative estimate of drug-likeness (QED) is 0.858. The first-order chi connectivity index (χ1) is 6.84. The van der Waals surface area contributed by atoms with Gasteiger partial charge in [0.25, 0.3) is 0 Å². The topological polar surface area (TPSA) is 63.8 Å². The first-order valence-electron chi connectivity index (χ1n) is 5.13. The second-order valence-electron chi connectivity index (χ2n) is 3.85. The number of aromatic nitrogens is 2. The molecule has 0 saturated heterocycles. The maximum atomic E-state index is 5.83. The first-order valence-corrected chi connectivity index (χ1v) is 5.13. The Morgan fingerprint density at radius 3 is 2.38 bits per heavy atom. The zero-order valence-corrected chi connectivity index (χ0v) is 10.6. The smallest absolute Gasteiger partial charge is 0.144 e.